The molecule has 0 fully saturated rings. The minimum absolute atomic E-state index is 0. The predicted octanol–water partition coefficient (Wildman–Crippen LogP) is 5.96. The molecule has 13 heteroatoms. The van der Waals surface area contributed by atoms with E-state index in [4.69, 9.17) is 74.3 Å². The monoisotopic (exact) mass is 661 g/mol. The maximum atomic E-state index is 12.7. The van der Waals surface area contributed by atoms with Crippen LogP contribution in [0.4, 0.5) is 0 Å². The van der Waals surface area contributed by atoms with Gasteiger partial charge >= 0.3 is 0 Å². The molecule has 0 heterocycles. The third kappa shape index (κ3) is 9.45. The van der Waals surface area contributed by atoms with Gasteiger partial charge in [0.25, 0.3) is 0 Å². The van der Waals surface area contributed by atoms with E-state index in [0.29, 0.717) is 31.8 Å². The second-order valence-corrected chi connectivity index (χ2v) is 10.4. The first-order valence-corrected chi connectivity index (χ1v) is 12.5. The first-order valence-electron chi connectivity index (χ1n) is 10.2. The number of benzene rings is 3. The van der Waals surface area contributed by atoms with Gasteiger partial charge in [0.1, 0.15) is 5.75 Å². The van der Waals surface area contributed by atoms with Crippen molar-refractivity contribution < 1.29 is 44.1 Å². The van der Waals surface area contributed by atoms with E-state index in [1.54, 1.807) is 11.0 Å². The molecule has 6 nitrogen and oxygen atoms in total. The average Bonchev–Trinajstić information content (AvgIpc) is 2.74. The van der Waals surface area contributed by atoms with Crippen LogP contribution in [0.25, 0.3) is 0 Å². The summed E-state index contributed by atoms with van der Waals surface area (Å²) in [5, 5.41) is 38.0. The molecule has 0 N–H and O–H groups in total. The molecular formula is C24H18Cl6NO5V-5. The zero-order chi connectivity index (χ0) is 25.9. The van der Waals surface area contributed by atoms with Gasteiger partial charge in [0.2, 0.25) is 0 Å². The summed E-state index contributed by atoms with van der Waals surface area (Å²) in [4.78, 5) is 1.77. The van der Waals surface area contributed by atoms with Crippen molar-refractivity contribution in [2.24, 2.45) is 0 Å². The van der Waals surface area contributed by atoms with Crippen LogP contribution in [0, 0.1) is 0 Å². The number of ether oxygens (including phenoxy) is 1. The minimum Gasteiger partial charge on any atom is -2.00 e. The summed E-state index contributed by atoms with van der Waals surface area (Å²) < 4.78 is 5.67. The van der Waals surface area contributed by atoms with Crippen molar-refractivity contribution in [2.75, 3.05) is 6.61 Å². The van der Waals surface area contributed by atoms with Gasteiger partial charge < -0.3 is 25.5 Å². The molecule has 0 aliphatic heterocycles. The standard InChI is InChI=1S/C24H20Cl6NO4.O.V/c1-12(32)11-35-24-15(4-18(27)7-21(24)30)10-31(8-13-2-16(25)5-19(28)22(13)33)9-14-3-17(26)6-20(29)23(14)34;;/h2-7,12,33-34H,8-11H2,1H3;;/q-1;-2;/p-2/t12-;;/m1../s1. The third-order valence-corrected chi connectivity index (χ3v) is 6.40. The minimum atomic E-state index is -0.987. The number of hydrogen-bond donors (Lipinski definition) is 0. The van der Waals surface area contributed by atoms with E-state index in [9.17, 15) is 15.3 Å². The molecule has 1 atom stereocenters. The van der Waals surface area contributed by atoms with Crippen LogP contribution in [0.2, 0.25) is 30.1 Å². The molecule has 0 aliphatic rings. The first-order chi connectivity index (χ1) is 16.4. The Morgan fingerprint density at radius 1 is 0.703 bits per heavy atom. The van der Waals surface area contributed by atoms with Crippen molar-refractivity contribution in [3.8, 4) is 17.2 Å². The van der Waals surface area contributed by atoms with Crippen molar-refractivity contribution in [1.82, 2.24) is 4.90 Å². The topological polar surface area (TPSA) is 110 Å². The molecule has 0 spiro atoms. The summed E-state index contributed by atoms with van der Waals surface area (Å²) in [5.41, 5.74) is 1.17. The van der Waals surface area contributed by atoms with E-state index in [-0.39, 0.29) is 71.1 Å². The van der Waals surface area contributed by atoms with Crippen LogP contribution >= 0.6 is 69.6 Å². The molecule has 3 aromatic carbocycles. The van der Waals surface area contributed by atoms with E-state index in [0.717, 1.165) is 0 Å². The molecule has 201 valence electrons. The first kappa shape index (κ1) is 34.3. The van der Waals surface area contributed by atoms with E-state index in [1.807, 2.05) is 0 Å². The van der Waals surface area contributed by atoms with Gasteiger partial charge in [-0.3, -0.25) is 4.90 Å². The van der Waals surface area contributed by atoms with Gasteiger partial charge in [-0.2, -0.15) is 0 Å². The smallest absolute Gasteiger partial charge is 0.142 e. The molecule has 0 aromatic heterocycles. The number of hydrogen-bond acceptors (Lipinski definition) is 5. The molecule has 0 saturated carbocycles. The maximum Gasteiger partial charge on any atom is 0.142 e. The normalized spacial score (nSPS) is 11.6. The summed E-state index contributed by atoms with van der Waals surface area (Å²) in [5.74, 6) is -0.511. The summed E-state index contributed by atoms with van der Waals surface area (Å²) in [7, 11) is 0. The number of nitrogens with zero attached hydrogens (tertiary/aromatic N) is 1. The number of rotatable bonds is 9. The van der Waals surface area contributed by atoms with Gasteiger partial charge in [-0.05, 0) is 47.5 Å². The van der Waals surface area contributed by atoms with Crippen molar-refractivity contribution in [2.45, 2.75) is 32.7 Å². The van der Waals surface area contributed by atoms with Crippen LogP contribution in [0.5, 0.6) is 17.2 Å². The Morgan fingerprint density at radius 3 is 1.51 bits per heavy atom. The molecule has 0 bridgehead atoms. The van der Waals surface area contributed by atoms with Crippen LogP contribution < -0.4 is 20.1 Å². The summed E-state index contributed by atoms with van der Waals surface area (Å²) in [6, 6.07) is 8.87. The van der Waals surface area contributed by atoms with Crippen molar-refractivity contribution in [3.05, 3.63) is 83.2 Å². The van der Waals surface area contributed by atoms with Crippen LogP contribution in [0.15, 0.2) is 36.4 Å². The fourth-order valence-electron chi connectivity index (χ4n) is 3.45. The van der Waals surface area contributed by atoms with Crippen LogP contribution in [-0.4, -0.2) is 17.6 Å². The van der Waals surface area contributed by atoms with E-state index >= 15 is 0 Å². The molecule has 37 heavy (non-hydrogen) atoms. The van der Waals surface area contributed by atoms with Crippen LogP contribution in [0.3, 0.4) is 0 Å². The Balaban J connectivity index is 0.00000342. The molecular weight excluding hydrogens is 646 g/mol. The van der Waals surface area contributed by atoms with E-state index in [2.05, 4.69) is 0 Å². The summed E-state index contributed by atoms with van der Waals surface area (Å²) in [6.45, 7) is 1.61. The van der Waals surface area contributed by atoms with Gasteiger partial charge in [0.15, 0.2) is 0 Å². The molecule has 0 saturated heterocycles. The zero-order valence-corrected chi connectivity index (χ0v) is 25.0. The zero-order valence-electron chi connectivity index (χ0n) is 19.1. The van der Waals surface area contributed by atoms with Crippen molar-refractivity contribution in [1.29, 1.82) is 0 Å². The second kappa shape index (κ2) is 15.2. The Kier molecular flexibility index (Phi) is 14.0. The van der Waals surface area contributed by atoms with Crippen molar-refractivity contribution in [3.63, 3.8) is 0 Å². The van der Waals surface area contributed by atoms with Gasteiger partial charge in [-0.15, -0.1) is 0 Å². The molecule has 3 rings (SSSR count). The van der Waals surface area contributed by atoms with Gasteiger partial charge in [0.05, 0.1) is 11.6 Å². The Labute approximate surface area is 256 Å². The fourth-order valence-corrected chi connectivity index (χ4v) is 5.11. The quantitative estimate of drug-likeness (QED) is 0.281. The van der Waals surface area contributed by atoms with Crippen LogP contribution in [-0.2, 0) is 43.7 Å². The van der Waals surface area contributed by atoms with Gasteiger partial charge in [-0.1, -0.05) is 94.1 Å². The SMILES string of the molecule is C[C@@H]([O-])COc1c(Cl)cc(Cl)cc1CN(Cc1cc(Cl)cc(Cl)c1[O-])Cc1cc(Cl)cc(Cl)c1[O-].[O-2].[V]. The predicted molar refractivity (Wildman–Crippen MR) is 137 cm³/mol. The Hall–Kier alpha value is -0.736. The molecule has 0 unspecified atom stereocenters. The number of halogens is 6. The maximum absolute atomic E-state index is 12.7. The van der Waals surface area contributed by atoms with Crippen molar-refractivity contribution >= 4 is 69.6 Å². The fraction of sp³-hybridized carbons (Fsp3) is 0.250. The van der Waals surface area contributed by atoms with Crippen LogP contribution in [0.1, 0.15) is 23.6 Å². The second-order valence-electron chi connectivity index (χ2n) is 7.89. The molecule has 0 aliphatic carbocycles. The Morgan fingerprint density at radius 2 is 1.08 bits per heavy atom. The third-order valence-electron chi connectivity index (χ3n) is 4.90. The van der Waals surface area contributed by atoms with E-state index in [1.165, 1.54) is 37.3 Å². The van der Waals surface area contributed by atoms with Gasteiger partial charge in [-0.25, -0.2) is 0 Å². The van der Waals surface area contributed by atoms with E-state index < -0.39 is 17.6 Å². The molecule has 3 aromatic rings. The summed E-state index contributed by atoms with van der Waals surface area (Å²) >= 11 is 36.9. The average molecular weight is 664 g/mol. The Bertz CT molecular complexity index is 1170. The molecule has 0 amide bonds. The summed E-state index contributed by atoms with van der Waals surface area (Å²) in [6.07, 6.45) is -0.987. The largest absolute Gasteiger partial charge is 2.00 e. The molecule has 1 radical (unpaired) electrons. The van der Waals surface area contributed by atoms with Gasteiger partial charge in [0, 0.05) is 68.9 Å².